The summed E-state index contributed by atoms with van der Waals surface area (Å²) in [6.07, 6.45) is 5.16. The molecule has 10 heteroatoms. The third-order valence-electron chi connectivity index (χ3n) is 4.99. The first kappa shape index (κ1) is 23.8. The molecule has 0 spiro atoms. The number of likely N-dealkylation sites (N-methyl/N-ethyl adjacent to an activating group) is 1. The van der Waals surface area contributed by atoms with Crippen LogP contribution in [0.25, 0.3) is 0 Å². The van der Waals surface area contributed by atoms with Gasteiger partial charge in [-0.2, -0.15) is 0 Å². The van der Waals surface area contributed by atoms with Gasteiger partial charge in [-0.15, -0.1) is 11.3 Å². The van der Waals surface area contributed by atoms with E-state index in [4.69, 9.17) is 0 Å². The summed E-state index contributed by atoms with van der Waals surface area (Å²) in [5.41, 5.74) is 1.03. The summed E-state index contributed by atoms with van der Waals surface area (Å²) in [7, 11) is 5.44. The van der Waals surface area contributed by atoms with E-state index in [-0.39, 0.29) is 18.0 Å². The molecule has 0 bridgehead atoms. The largest absolute Gasteiger partial charge is 0.503 e. The molecule has 30 heavy (non-hydrogen) atoms. The number of carbonyl (C=O) groups is 3. The number of fused-ring (bicyclic) bond motifs is 1. The Morgan fingerprint density at radius 3 is 2.43 bits per heavy atom. The van der Waals surface area contributed by atoms with Crippen molar-refractivity contribution in [2.75, 3.05) is 27.7 Å². The van der Waals surface area contributed by atoms with Gasteiger partial charge in [0.25, 0.3) is 11.8 Å². The minimum Gasteiger partial charge on any atom is -0.503 e. The van der Waals surface area contributed by atoms with Crippen LogP contribution < -0.4 is 10.6 Å². The zero-order valence-corrected chi connectivity index (χ0v) is 18.6. The molecule has 3 amide bonds. The zero-order valence-electron chi connectivity index (χ0n) is 17.8. The van der Waals surface area contributed by atoms with Crippen molar-refractivity contribution < 1.29 is 19.5 Å². The van der Waals surface area contributed by atoms with Crippen LogP contribution in [0.15, 0.2) is 12.3 Å². The van der Waals surface area contributed by atoms with Gasteiger partial charge in [-0.05, 0) is 19.9 Å². The Kier molecular flexibility index (Phi) is 8.79. The zero-order chi connectivity index (χ0) is 22.3. The molecule has 3 N–H and O–H groups in total. The minimum atomic E-state index is -0.584. The standard InChI is InChI=1S/C17H24N4O3S.C3H7NO/c1-10(22)15(23)18-11-5-3-4-6-12(11)19-16(24)17-20-13-7-8-21(2)9-14(13)25-17;1-4(2)3-5/h11-12,22H,1,3-9H2,2H3,(H,18,23)(H,19,24);3H,1-2H3. The second-order valence-electron chi connectivity index (χ2n) is 7.84. The third kappa shape index (κ3) is 6.81. The molecule has 2 heterocycles. The van der Waals surface area contributed by atoms with Gasteiger partial charge in [0.1, 0.15) is 0 Å². The first-order chi connectivity index (χ1) is 14.2. The SMILES string of the molecule is C=C(O)C(=O)NC1CCCCC1NC(=O)c1nc2c(s1)CN(C)CC2.CN(C)C=O. The number of hydrogen-bond donors (Lipinski definition) is 3. The van der Waals surface area contributed by atoms with Crippen molar-refractivity contribution in [2.45, 2.75) is 50.7 Å². The maximum Gasteiger partial charge on any atom is 0.285 e. The predicted octanol–water partition coefficient (Wildman–Crippen LogP) is 1.06. The Morgan fingerprint density at radius 2 is 1.87 bits per heavy atom. The number of aromatic nitrogens is 1. The fraction of sp³-hybridized carbons (Fsp3) is 0.600. The van der Waals surface area contributed by atoms with E-state index >= 15 is 0 Å². The molecule has 1 aliphatic heterocycles. The number of nitrogens with zero attached hydrogens (tertiary/aromatic N) is 3. The highest BCUT2D eigenvalue weighted by Crippen LogP contribution is 2.25. The first-order valence-electron chi connectivity index (χ1n) is 9.99. The molecular weight excluding hydrogens is 406 g/mol. The number of thiazole rings is 1. The van der Waals surface area contributed by atoms with Crippen LogP contribution >= 0.6 is 11.3 Å². The number of aliphatic hydroxyl groups excluding tert-OH is 1. The Hall–Kier alpha value is -2.46. The van der Waals surface area contributed by atoms with Crippen LogP contribution in [-0.2, 0) is 22.6 Å². The van der Waals surface area contributed by atoms with Crippen LogP contribution in [0.5, 0.6) is 0 Å². The maximum atomic E-state index is 12.6. The Balaban J connectivity index is 0.000000575. The number of amides is 3. The fourth-order valence-electron chi connectivity index (χ4n) is 3.38. The van der Waals surface area contributed by atoms with E-state index in [1.807, 2.05) is 0 Å². The average Bonchev–Trinajstić information content (AvgIpc) is 3.13. The van der Waals surface area contributed by atoms with E-state index in [0.29, 0.717) is 5.01 Å². The molecule has 1 fully saturated rings. The van der Waals surface area contributed by atoms with E-state index < -0.39 is 11.7 Å². The molecule has 0 saturated heterocycles. The Morgan fingerprint density at radius 1 is 1.27 bits per heavy atom. The lowest BCUT2D eigenvalue weighted by atomic mass is 9.90. The molecule has 2 unspecified atom stereocenters. The molecule has 2 aliphatic rings. The van der Waals surface area contributed by atoms with Crippen molar-refractivity contribution in [2.24, 2.45) is 0 Å². The molecule has 1 aliphatic carbocycles. The topological polar surface area (TPSA) is 115 Å². The molecule has 3 rings (SSSR count). The van der Waals surface area contributed by atoms with Gasteiger partial charge in [-0.3, -0.25) is 14.4 Å². The summed E-state index contributed by atoms with van der Waals surface area (Å²) in [6.45, 7) is 5.03. The molecule has 9 nitrogen and oxygen atoms in total. The highest BCUT2D eigenvalue weighted by atomic mass is 32.1. The van der Waals surface area contributed by atoms with Gasteiger partial charge in [-0.1, -0.05) is 19.4 Å². The minimum absolute atomic E-state index is 0.159. The number of nitrogens with one attached hydrogen (secondary N) is 2. The molecule has 0 radical (unpaired) electrons. The second-order valence-corrected chi connectivity index (χ2v) is 8.92. The van der Waals surface area contributed by atoms with Crippen molar-refractivity contribution in [1.29, 1.82) is 0 Å². The summed E-state index contributed by atoms with van der Waals surface area (Å²) in [4.78, 5) is 43.1. The maximum absolute atomic E-state index is 12.6. The van der Waals surface area contributed by atoms with Crippen LogP contribution in [0, 0.1) is 0 Å². The first-order valence-corrected chi connectivity index (χ1v) is 10.8. The van der Waals surface area contributed by atoms with Crippen molar-refractivity contribution >= 4 is 29.6 Å². The number of carbonyl (C=O) groups excluding carboxylic acids is 3. The van der Waals surface area contributed by atoms with Crippen LogP contribution in [0.2, 0.25) is 0 Å². The van der Waals surface area contributed by atoms with Gasteiger partial charge in [0.15, 0.2) is 10.8 Å². The van der Waals surface area contributed by atoms with E-state index in [0.717, 1.165) is 62.2 Å². The number of aliphatic hydroxyl groups is 1. The lowest BCUT2D eigenvalue weighted by molar-refractivity contribution is -0.121. The third-order valence-corrected chi connectivity index (χ3v) is 6.07. The smallest absolute Gasteiger partial charge is 0.285 e. The molecule has 1 saturated carbocycles. The van der Waals surface area contributed by atoms with E-state index in [1.165, 1.54) is 16.2 Å². The lowest BCUT2D eigenvalue weighted by Gasteiger charge is -2.32. The van der Waals surface area contributed by atoms with Crippen LogP contribution in [-0.4, -0.2) is 77.9 Å². The summed E-state index contributed by atoms with van der Waals surface area (Å²) < 4.78 is 0. The van der Waals surface area contributed by atoms with Gasteiger partial charge < -0.3 is 25.5 Å². The molecular formula is C20H31N5O4S. The molecule has 166 valence electrons. The highest BCUT2D eigenvalue weighted by molar-refractivity contribution is 7.13. The number of hydrogen-bond acceptors (Lipinski definition) is 7. The normalized spacial score (nSPS) is 20.8. The summed E-state index contributed by atoms with van der Waals surface area (Å²) >= 11 is 1.45. The predicted molar refractivity (Wildman–Crippen MR) is 115 cm³/mol. The Labute approximate surface area is 181 Å². The van der Waals surface area contributed by atoms with Gasteiger partial charge in [0.05, 0.1) is 5.69 Å². The average molecular weight is 438 g/mol. The van der Waals surface area contributed by atoms with Crippen molar-refractivity contribution in [3.8, 4) is 0 Å². The quantitative estimate of drug-likeness (QED) is 0.361. The van der Waals surface area contributed by atoms with Crippen LogP contribution in [0.3, 0.4) is 0 Å². The molecule has 2 atom stereocenters. The van der Waals surface area contributed by atoms with Crippen molar-refractivity contribution in [3.63, 3.8) is 0 Å². The molecule has 0 aromatic carbocycles. The molecule has 1 aromatic rings. The highest BCUT2D eigenvalue weighted by Gasteiger charge is 2.30. The summed E-state index contributed by atoms with van der Waals surface area (Å²) in [6, 6.07) is -0.358. The van der Waals surface area contributed by atoms with Crippen LogP contribution in [0.1, 0.15) is 46.1 Å². The van der Waals surface area contributed by atoms with Gasteiger partial charge >= 0.3 is 0 Å². The monoisotopic (exact) mass is 437 g/mol. The van der Waals surface area contributed by atoms with Gasteiger partial charge in [-0.25, -0.2) is 4.98 Å². The van der Waals surface area contributed by atoms with Crippen LogP contribution in [0.4, 0.5) is 0 Å². The van der Waals surface area contributed by atoms with Crippen molar-refractivity contribution in [1.82, 2.24) is 25.4 Å². The lowest BCUT2D eigenvalue weighted by Crippen LogP contribution is -2.53. The van der Waals surface area contributed by atoms with E-state index in [9.17, 15) is 19.5 Å². The van der Waals surface area contributed by atoms with E-state index in [1.54, 1.807) is 14.1 Å². The fourth-order valence-corrected chi connectivity index (χ4v) is 4.47. The van der Waals surface area contributed by atoms with Gasteiger partial charge in [0, 0.05) is 50.6 Å². The molecule has 1 aromatic heterocycles. The van der Waals surface area contributed by atoms with E-state index in [2.05, 4.69) is 34.1 Å². The summed E-state index contributed by atoms with van der Waals surface area (Å²) in [5.74, 6) is -1.28. The van der Waals surface area contributed by atoms with Crippen molar-refractivity contribution in [3.05, 3.63) is 27.9 Å². The van der Waals surface area contributed by atoms with Gasteiger partial charge in [0.2, 0.25) is 6.41 Å². The summed E-state index contributed by atoms with van der Waals surface area (Å²) in [5, 5.41) is 15.5. The second kappa shape index (κ2) is 11.1. The Bertz CT molecular complexity index is 779. The number of rotatable bonds is 5.